The van der Waals surface area contributed by atoms with Crippen molar-refractivity contribution in [2.45, 2.75) is 31.7 Å². The molecule has 0 saturated heterocycles. The molecule has 0 atom stereocenters. The van der Waals surface area contributed by atoms with E-state index in [0.717, 1.165) is 35.5 Å². The highest BCUT2D eigenvalue weighted by Gasteiger charge is 2.46. The van der Waals surface area contributed by atoms with E-state index in [9.17, 15) is 4.79 Å². The van der Waals surface area contributed by atoms with Crippen LogP contribution in [0.1, 0.15) is 29.5 Å². The fraction of sp³-hybridized carbons (Fsp3) is 0.350. The Morgan fingerprint density at radius 3 is 2.46 bits per heavy atom. The van der Waals surface area contributed by atoms with E-state index in [0.29, 0.717) is 19.6 Å². The third kappa shape index (κ3) is 2.96. The molecule has 2 aromatic carbocycles. The Balaban J connectivity index is 1.47. The van der Waals surface area contributed by atoms with Crippen molar-refractivity contribution in [2.24, 2.45) is 0 Å². The van der Waals surface area contributed by atoms with E-state index in [1.54, 1.807) is 0 Å². The summed E-state index contributed by atoms with van der Waals surface area (Å²) in [5.74, 6) is 1.62. The molecule has 4 nitrogen and oxygen atoms in total. The number of carbonyl (C=O) groups excluding carboxylic acids is 1. The van der Waals surface area contributed by atoms with Crippen LogP contribution in [0.15, 0.2) is 42.5 Å². The lowest BCUT2D eigenvalue weighted by Gasteiger charge is -2.22. The molecular weight excluding hydrogens is 302 g/mol. The summed E-state index contributed by atoms with van der Waals surface area (Å²) in [7, 11) is 0. The molecule has 0 aromatic heterocycles. The Kier molecular flexibility index (Phi) is 3.68. The summed E-state index contributed by atoms with van der Waals surface area (Å²) in [6, 6.07) is 14.1. The first-order valence-corrected chi connectivity index (χ1v) is 8.41. The molecule has 0 spiro atoms. The van der Waals surface area contributed by atoms with E-state index in [1.165, 1.54) is 5.56 Å². The minimum atomic E-state index is -0.238. The number of rotatable bonds is 4. The van der Waals surface area contributed by atoms with Gasteiger partial charge in [-0.05, 0) is 43.0 Å². The second kappa shape index (κ2) is 5.86. The van der Waals surface area contributed by atoms with Gasteiger partial charge in [0.25, 0.3) is 0 Å². The van der Waals surface area contributed by atoms with Crippen molar-refractivity contribution in [2.75, 3.05) is 13.2 Å². The maximum Gasteiger partial charge on any atom is 0.225 e. The second-order valence-corrected chi connectivity index (χ2v) is 6.65. The molecule has 1 aliphatic heterocycles. The number of hydrogen-bond donors (Lipinski definition) is 1. The Bertz CT molecular complexity index is 763. The third-order valence-electron chi connectivity index (χ3n) is 4.71. The molecule has 1 saturated carbocycles. The molecule has 4 rings (SSSR count). The standard InChI is InChI=1S/C20H21NO3/c1-14-2-4-15(5-3-14)12-19(22)21-20(8-9-20)16-6-7-17-18(13-16)24-11-10-23-17/h2-7,13H,8-12H2,1H3,(H,21,22). The molecule has 1 fully saturated rings. The van der Waals surface area contributed by atoms with Gasteiger partial charge in [0.1, 0.15) is 13.2 Å². The molecule has 2 aliphatic rings. The van der Waals surface area contributed by atoms with E-state index in [1.807, 2.05) is 49.4 Å². The van der Waals surface area contributed by atoms with E-state index in [2.05, 4.69) is 5.32 Å². The topological polar surface area (TPSA) is 47.6 Å². The van der Waals surface area contributed by atoms with Crippen LogP contribution in [-0.4, -0.2) is 19.1 Å². The highest BCUT2D eigenvalue weighted by Crippen LogP contribution is 2.47. The molecule has 1 N–H and O–H groups in total. The first-order chi connectivity index (χ1) is 11.6. The minimum absolute atomic E-state index is 0.0613. The van der Waals surface area contributed by atoms with Crippen molar-refractivity contribution in [1.82, 2.24) is 5.32 Å². The molecule has 24 heavy (non-hydrogen) atoms. The van der Waals surface area contributed by atoms with Gasteiger partial charge in [-0.1, -0.05) is 35.9 Å². The van der Waals surface area contributed by atoms with Gasteiger partial charge < -0.3 is 14.8 Å². The summed E-state index contributed by atoms with van der Waals surface area (Å²) in [4.78, 5) is 12.4. The van der Waals surface area contributed by atoms with Crippen molar-refractivity contribution in [1.29, 1.82) is 0 Å². The number of amides is 1. The molecule has 1 aliphatic carbocycles. The van der Waals surface area contributed by atoms with Crippen molar-refractivity contribution >= 4 is 5.91 Å². The smallest absolute Gasteiger partial charge is 0.225 e. The third-order valence-corrected chi connectivity index (χ3v) is 4.71. The fourth-order valence-corrected chi connectivity index (χ4v) is 3.15. The Morgan fingerprint density at radius 1 is 1.04 bits per heavy atom. The van der Waals surface area contributed by atoms with Crippen LogP contribution in [0.3, 0.4) is 0 Å². The van der Waals surface area contributed by atoms with Crippen LogP contribution in [0.25, 0.3) is 0 Å². The van der Waals surface area contributed by atoms with Crippen LogP contribution in [0.2, 0.25) is 0 Å². The number of benzene rings is 2. The Labute approximate surface area is 141 Å². The zero-order valence-electron chi connectivity index (χ0n) is 13.8. The summed E-state index contributed by atoms with van der Waals surface area (Å²) < 4.78 is 11.2. The van der Waals surface area contributed by atoms with Crippen LogP contribution in [-0.2, 0) is 16.8 Å². The number of hydrogen-bond acceptors (Lipinski definition) is 3. The van der Waals surface area contributed by atoms with E-state index < -0.39 is 0 Å². The molecule has 2 aromatic rings. The van der Waals surface area contributed by atoms with Crippen LogP contribution >= 0.6 is 0 Å². The minimum Gasteiger partial charge on any atom is -0.486 e. The lowest BCUT2D eigenvalue weighted by Crippen LogP contribution is -2.36. The van der Waals surface area contributed by atoms with Gasteiger partial charge >= 0.3 is 0 Å². The second-order valence-electron chi connectivity index (χ2n) is 6.65. The van der Waals surface area contributed by atoms with Gasteiger partial charge in [0, 0.05) is 0 Å². The van der Waals surface area contributed by atoms with E-state index >= 15 is 0 Å². The van der Waals surface area contributed by atoms with Crippen molar-refractivity contribution in [3.8, 4) is 11.5 Å². The van der Waals surface area contributed by atoms with E-state index in [4.69, 9.17) is 9.47 Å². The predicted octanol–water partition coefficient (Wildman–Crippen LogP) is 3.11. The molecule has 1 amide bonds. The normalized spacial score (nSPS) is 17.2. The maximum absolute atomic E-state index is 12.4. The monoisotopic (exact) mass is 323 g/mol. The SMILES string of the molecule is Cc1ccc(CC(=O)NC2(c3ccc4c(c3)OCCO4)CC2)cc1. The van der Waals surface area contributed by atoms with Crippen molar-refractivity contribution in [3.05, 3.63) is 59.2 Å². The van der Waals surface area contributed by atoms with Crippen LogP contribution < -0.4 is 14.8 Å². The summed E-state index contributed by atoms with van der Waals surface area (Å²) in [6.07, 6.45) is 2.34. The lowest BCUT2D eigenvalue weighted by atomic mass is 10.0. The van der Waals surface area contributed by atoms with Gasteiger partial charge in [0.05, 0.1) is 12.0 Å². The average molecular weight is 323 g/mol. The van der Waals surface area contributed by atoms with Gasteiger partial charge in [-0.2, -0.15) is 0 Å². The van der Waals surface area contributed by atoms with Crippen molar-refractivity contribution in [3.63, 3.8) is 0 Å². The van der Waals surface area contributed by atoms with E-state index in [-0.39, 0.29) is 11.4 Å². The zero-order valence-corrected chi connectivity index (χ0v) is 13.8. The maximum atomic E-state index is 12.4. The molecule has 0 unspecified atom stereocenters. The largest absolute Gasteiger partial charge is 0.486 e. The number of aryl methyl sites for hydroxylation is 1. The number of fused-ring (bicyclic) bond motifs is 1. The molecule has 1 heterocycles. The first kappa shape index (κ1) is 15.1. The van der Waals surface area contributed by atoms with Gasteiger partial charge in [0.2, 0.25) is 5.91 Å². The van der Waals surface area contributed by atoms with Crippen LogP contribution in [0, 0.1) is 6.92 Å². The summed E-state index contributed by atoms with van der Waals surface area (Å²) in [5, 5.41) is 3.22. The highest BCUT2D eigenvalue weighted by molar-refractivity contribution is 5.80. The molecule has 4 heteroatoms. The number of carbonyl (C=O) groups is 1. The van der Waals surface area contributed by atoms with Crippen LogP contribution in [0.4, 0.5) is 0 Å². The Hall–Kier alpha value is -2.49. The highest BCUT2D eigenvalue weighted by atomic mass is 16.6. The fourth-order valence-electron chi connectivity index (χ4n) is 3.15. The molecule has 0 bridgehead atoms. The average Bonchev–Trinajstić information content (AvgIpc) is 3.37. The quantitative estimate of drug-likeness (QED) is 0.940. The van der Waals surface area contributed by atoms with Gasteiger partial charge in [-0.15, -0.1) is 0 Å². The first-order valence-electron chi connectivity index (χ1n) is 8.41. The molecule has 0 radical (unpaired) electrons. The summed E-state index contributed by atoms with van der Waals surface area (Å²) in [5.41, 5.74) is 3.10. The van der Waals surface area contributed by atoms with Gasteiger partial charge in [-0.25, -0.2) is 0 Å². The molecular formula is C20H21NO3. The summed E-state index contributed by atoms with van der Waals surface area (Å²) in [6.45, 7) is 3.21. The predicted molar refractivity (Wildman–Crippen MR) is 91.4 cm³/mol. The Morgan fingerprint density at radius 2 is 1.75 bits per heavy atom. The number of ether oxygens (including phenoxy) is 2. The van der Waals surface area contributed by atoms with Gasteiger partial charge in [0.15, 0.2) is 11.5 Å². The lowest BCUT2D eigenvalue weighted by molar-refractivity contribution is -0.121. The van der Waals surface area contributed by atoms with Crippen LogP contribution in [0.5, 0.6) is 11.5 Å². The van der Waals surface area contributed by atoms with Gasteiger partial charge in [-0.3, -0.25) is 4.79 Å². The van der Waals surface area contributed by atoms with Crippen molar-refractivity contribution < 1.29 is 14.3 Å². The number of nitrogens with one attached hydrogen (secondary N) is 1. The summed E-state index contributed by atoms with van der Waals surface area (Å²) >= 11 is 0. The zero-order chi connectivity index (χ0) is 16.6. The molecule has 124 valence electrons.